The summed E-state index contributed by atoms with van der Waals surface area (Å²) in [6, 6.07) is 5.00. The van der Waals surface area contributed by atoms with Crippen LogP contribution in [0.25, 0.3) is 0 Å². The van der Waals surface area contributed by atoms with Crippen molar-refractivity contribution in [3.63, 3.8) is 0 Å². The van der Waals surface area contributed by atoms with Crippen molar-refractivity contribution < 1.29 is 5.11 Å². The van der Waals surface area contributed by atoms with E-state index in [0.29, 0.717) is 6.04 Å². The molecule has 0 unspecified atom stereocenters. The fourth-order valence-electron chi connectivity index (χ4n) is 3.38. The van der Waals surface area contributed by atoms with Gasteiger partial charge in [-0.25, -0.2) is 0 Å². The number of hydrogen-bond donors (Lipinski definition) is 2. The Morgan fingerprint density at radius 1 is 1.10 bits per heavy atom. The monoisotopic (exact) mass is 275 g/mol. The predicted molar refractivity (Wildman–Crippen MR) is 85.1 cm³/mol. The van der Waals surface area contributed by atoms with E-state index in [0.717, 1.165) is 37.8 Å². The van der Waals surface area contributed by atoms with E-state index in [1.807, 2.05) is 0 Å². The van der Waals surface area contributed by atoms with Gasteiger partial charge in [-0.15, -0.1) is 0 Å². The molecule has 0 aromatic heterocycles. The zero-order chi connectivity index (χ0) is 14.8. The minimum atomic E-state index is -0.618. The molecule has 0 amide bonds. The van der Waals surface area contributed by atoms with Gasteiger partial charge in [0, 0.05) is 6.04 Å². The standard InChI is InChI=1S/C18H29NO/c1-5-10-19-16-6-8-18(20,9-7-16)17-12-14(3)13(2)11-15(17)4/h11-12,16,19-20H,5-10H2,1-4H3. The molecule has 112 valence electrons. The molecule has 0 atom stereocenters. The molecule has 20 heavy (non-hydrogen) atoms. The van der Waals surface area contributed by atoms with Crippen LogP contribution in [0.2, 0.25) is 0 Å². The van der Waals surface area contributed by atoms with Gasteiger partial charge in [-0.3, -0.25) is 0 Å². The largest absolute Gasteiger partial charge is 0.385 e. The normalized spacial score (nSPS) is 26.8. The fraction of sp³-hybridized carbons (Fsp3) is 0.667. The van der Waals surface area contributed by atoms with Crippen molar-refractivity contribution in [2.24, 2.45) is 0 Å². The molecule has 0 spiro atoms. The molecule has 1 saturated carbocycles. The first kappa shape index (κ1) is 15.5. The first-order valence-corrected chi connectivity index (χ1v) is 8.00. The first-order valence-electron chi connectivity index (χ1n) is 8.00. The molecule has 2 heteroatoms. The van der Waals surface area contributed by atoms with E-state index in [1.54, 1.807) is 0 Å². The topological polar surface area (TPSA) is 32.3 Å². The zero-order valence-electron chi connectivity index (χ0n) is 13.4. The Morgan fingerprint density at radius 3 is 2.30 bits per heavy atom. The van der Waals surface area contributed by atoms with Gasteiger partial charge in [0.05, 0.1) is 5.60 Å². The van der Waals surface area contributed by atoms with Crippen molar-refractivity contribution in [1.29, 1.82) is 0 Å². The van der Waals surface area contributed by atoms with Crippen LogP contribution in [0, 0.1) is 20.8 Å². The first-order chi connectivity index (χ1) is 9.46. The summed E-state index contributed by atoms with van der Waals surface area (Å²) in [7, 11) is 0. The summed E-state index contributed by atoms with van der Waals surface area (Å²) < 4.78 is 0. The van der Waals surface area contributed by atoms with Crippen LogP contribution in [0.5, 0.6) is 0 Å². The van der Waals surface area contributed by atoms with Gasteiger partial charge < -0.3 is 10.4 Å². The lowest BCUT2D eigenvalue weighted by molar-refractivity contribution is -0.00884. The van der Waals surface area contributed by atoms with Gasteiger partial charge in [0.25, 0.3) is 0 Å². The average molecular weight is 275 g/mol. The van der Waals surface area contributed by atoms with Crippen molar-refractivity contribution >= 4 is 0 Å². The quantitative estimate of drug-likeness (QED) is 0.877. The minimum absolute atomic E-state index is 0.585. The summed E-state index contributed by atoms with van der Waals surface area (Å²) in [6.45, 7) is 9.69. The van der Waals surface area contributed by atoms with Crippen LogP contribution in [-0.2, 0) is 5.60 Å². The van der Waals surface area contributed by atoms with Crippen molar-refractivity contribution in [2.45, 2.75) is 71.4 Å². The number of benzene rings is 1. The van der Waals surface area contributed by atoms with Crippen molar-refractivity contribution in [3.8, 4) is 0 Å². The molecule has 1 aromatic rings. The lowest BCUT2D eigenvalue weighted by atomic mass is 9.75. The maximum atomic E-state index is 11.1. The molecule has 2 N–H and O–H groups in total. The Balaban J connectivity index is 2.11. The van der Waals surface area contributed by atoms with Gasteiger partial charge >= 0.3 is 0 Å². The molecular weight excluding hydrogens is 246 g/mol. The summed E-state index contributed by atoms with van der Waals surface area (Å²) >= 11 is 0. The lowest BCUT2D eigenvalue weighted by Crippen LogP contribution is -2.40. The van der Waals surface area contributed by atoms with Crippen molar-refractivity contribution in [3.05, 3.63) is 34.4 Å². The number of hydrogen-bond acceptors (Lipinski definition) is 2. The highest BCUT2D eigenvalue weighted by molar-refractivity contribution is 5.40. The second-order valence-electron chi connectivity index (χ2n) is 6.51. The molecule has 0 heterocycles. The average Bonchev–Trinajstić information content (AvgIpc) is 2.42. The number of rotatable bonds is 4. The Labute approximate surface area is 123 Å². The number of aliphatic hydroxyl groups is 1. The maximum absolute atomic E-state index is 11.1. The van der Waals surface area contributed by atoms with Crippen LogP contribution in [0.1, 0.15) is 61.3 Å². The van der Waals surface area contributed by atoms with E-state index >= 15 is 0 Å². The molecule has 1 fully saturated rings. The fourth-order valence-corrected chi connectivity index (χ4v) is 3.38. The smallest absolute Gasteiger partial charge is 0.0900 e. The van der Waals surface area contributed by atoms with Gasteiger partial charge in [-0.05, 0) is 81.7 Å². The van der Waals surface area contributed by atoms with Crippen LogP contribution in [-0.4, -0.2) is 17.7 Å². The van der Waals surface area contributed by atoms with E-state index in [4.69, 9.17) is 0 Å². The van der Waals surface area contributed by atoms with Gasteiger partial charge in [-0.1, -0.05) is 19.1 Å². The summed E-state index contributed by atoms with van der Waals surface area (Å²) in [5.74, 6) is 0. The van der Waals surface area contributed by atoms with Crippen LogP contribution in [0.3, 0.4) is 0 Å². The molecule has 2 rings (SSSR count). The van der Waals surface area contributed by atoms with Gasteiger partial charge in [0.15, 0.2) is 0 Å². The molecular formula is C18H29NO. The molecule has 0 bridgehead atoms. The van der Waals surface area contributed by atoms with Crippen molar-refractivity contribution in [1.82, 2.24) is 5.32 Å². The summed E-state index contributed by atoms with van der Waals surface area (Å²) in [4.78, 5) is 0. The van der Waals surface area contributed by atoms with Gasteiger partial charge in [0.2, 0.25) is 0 Å². The lowest BCUT2D eigenvalue weighted by Gasteiger charge is -2.38. The van der Waals surface area contributed by atoms with E-state index in [-0.39, 0.29) is 0 Å². The second-order valence-corrected chi connectivity index (χ2v) is 6.51. The SMILES string of the molecule is CCCNC1CCC(O)(c2cc(C)c(C)cc2C)CC1. The summed E-state index contributed by atoms with van der Waals surface area (Å²) in [5, 5.41) is 14.6. The Morgan fingerprint density at radius 2 is 1.70 bits per heavy atom. The van der Waals surface area contributed by atoms with E-state index in [9.17, 15) is 5.11 Å². The Bertz CT molecular complexity index is 459. The zero-order valence-corrected chi connectivity index (χ0v) is 13.4. The third-order valence-electron chi connectivity index (χ3n) is 4.84. The Kier molecular flexibility index (Phi) is 4.87. The Hall–Kier alpha value is -0.860. The molecule has 0 radical (unpaired) electrons. The maximum Gasteiger partial charge on any atom is 0.0900 e. The van der Waals surface area contributed by atoms with Crippen LogP contribution in [0.4, 0.5) is 0 Å². The minimum Gasteiger partial charge on any atom is -0.385 e. The highest BCUT2D eigenvalue weighted by Crippen LogP contribution is 2.39. The second kappa shape index (κ2) is 6.28. The van der Waals surface area contributed by atoms with Gasteiger partial charge in [0.1, 0.15) is 0 Å². The van der Waals surface area contributed by atoms with E-state index < -0.39 is 5.60 Å². The number of nitrogens with one attached hydrogen (secondary N) is 1. The summed E-state index contributed by atoms with van der Waals surface area (Å²) in [6.07, 6.45) is 5.07. The molecule has 0 aliphatic heterocycles. The third-order valence-corrected chi connectivity index (χ3v) is 4.84. The molecule has 1 aromatic carbocycles. The highest BCUT2D eigenvalue weighted by atomic mass is 16.3. The van der Waals surface area contributed by atoms with Crippen molar-refractivity contribution in [2.75, 3.05) is 6.54 Å². The van der Waals surface area contributed by atoms with Crippen LogP contribution in [0.15, 0.2) is 12.1 Å². The van der Waals surface area contributed by atoms with Crippen LogP contribution >= 0.6 is 0 Å². The van der Waals surface area contributed by atoms with E-state index in [2.05, 4.69) is 45.1 Å². The molecule has 2 nitrogen and oxygen atoms in total. The number of aryl methyl sites for hydroxylation is 3. The third kappa shape index (κ3) is 3.24. The predicted octanol–water partition coefficient (Wildman–Crippen LogP) is 3.74. The van der Waals surface area contributed by atoms with E-state index in [1.165, 1.54) is 23.1 Å². The highest BCUT2D eigenvalue weighted by Gasteiger charge is 2.35. The molecule has 1 aliphatic rings. The molecule has 1 aliphatic carbocycles. The summed E-state index contributed by atoms with van der Waals surface area (Å²) in [5.41, 5.74) is 4.36. The molecule has 0 saturated heterocycles. The van der Waals surface area contributed by atoms with Crippen LogP contribution < -0.4 is 5.32 Å². The van der Waals surface area contributed by atoms with Gasteiger partial charge in [-0.2, -0.15) is 0 Å².